The Morgan fingerprint density at radius 1 is 1.11 bits per heavy atom. The summed E-state index contributed by atoms with van der Waals surface area (Å²) in [6, 6.07) is 13.6. The number of carbonyl (C=O) groups excluding carboxylic acids is 2. The number of carbonyl (C=O) groups is 2. The van der Waals surface area contributed by atoms with Crippen LogP contribution in [0.15, 0.2) is 48.5 Å². The minimum atomic E-state index is -4.92. The normalized spacial score (nSPS) is 10.7. The summed E-state index contributed by atoms with van der Waals surface area (Å²) >= 11 is 0. The predicted octanol–water partition coefficient (Wildman–Crippen LogP) is 3.78. The van der Waals surface area contributed by atoms with Gasteiger partial charge in [-0.15, -0.1) is 12.4 Å². The molecule has 0 saturated heterocycles. The van der Waals surface area contributed by atoms with E-state index >= 15 is 0 Å². The van der Waals surface area contributed by atoms with Gasteiger partial charge in [-0.05, 0) is 35.7 Å². The zero-order valence-electron chi connectivity index (χ0n) is 15.1. The number of halogens is 4. The molecule has 0 unspecified atom stereocenters. The van der Waals surface area contributed by atoms with Crippen LogP contribution in [0.3, 0.4) is 0 Å². The number of hydrogen-bond acceptors (Lipinski definition) is 3. The monoisotopic (exact) mass is 415 g/mol. The maximum atomic E-state index is 12.4. The molecule has 0 saturated carbocycles. The zero-order valence-corrected chi connectivity index (χ0v) is 15.9. The van der Waals surface area contributed by atoms with E-state index in [-0.39, 0.29) is 31.3 Å². The minimum absolute atomic E-state index is 0. The summed E-state index contributed by atoms with van der Waals surface area (Å²) in [6.45, 7) is -0.220. The van der Waals surface area contributed by atoms with Crippen LogP contribution in [-0.2, 0) is 22.6 Å². The molecule has 2 amide bonds. The standard InChI is InChI=1S/C19H20F3N3O2.ClH/c1-25(18(27)19(20,21)22)12-13-5-4-7-15(11-13)24-17(26)10-9-14-6-2-3-8-16(14)23;/h2-8,11H,9-10,12,23H2,1H3,(H,24,26);1H. The highest BCUT2D eigenvalue weighted by molar-refractivity contribution is 5.91. The number of aryl methyl sites for hydroxylation is 1. The number of nitrogens with zero attached hydrogens (tertiary/aromatic N) is 1. The van der Waals surface area contributed by atoms with E-state index < -0.39 is 12.1 Å². The average Bonchev–Trinajstić information content (AvgIpc) is 2.60. The number of nitrogens with two attached hydrogens (primary N) is 1. The van der Waals surface area contributed by atoms with Gasteiger partial charge in [0, 0.05) is 31.4 Å². The Morgan fingerprint density at radius 3 is 2.43 bits per heavy atom. The molecule has 28 heavy (non-hydrogen) atoms. The highest BCUT2D eigenvalue weighted by Gasteiger charge is 2.41. The van der Waals surface area contributed by atoms with Gasteiger partial charge >= 0.3 is 12.1 Å². The van der Waals surface area contributed by atoms with Gasteiger partial charge in [0.15, 0.2) is 0 Å². The van der Waals surface area contributed by atoms with Crippen molar-refractivity contribution in [1.29, 1.82) is 0 Å². The van der Waals surface area contributed by atoms with Crippen LogP contribution in [0.1, 0.15) is 17.5 Å². The molecule has 2 aromatic carbocycles. The Hall–Kier alpha value is -2.74. The van der Waals surface area contributed by atoms with Crippen molar-refractivity contribution in [2.24, 2.45) is 0 Å². The third-order valence-corrected chi connectivity index (χ3v) is 3.90. The maximum absolute atomic E-state index is 12.4. The van der Waals surface area contributed by atoms with E-state index in [9.17, 15) is 22.8 Å². The molecule has 0 bridgehead atoms. The molecule has 152 valence electrons. The topological polar surface area (TPSA) is 75.4 Å². The Balaban J connectivity index is 0.00000392. The van der Waals surface area contributed by atoms with Crippen molar-refractivity contribution in [2.45, 2.75) is 25.6 Å². The minimum Gasteiger partial charge on any atom is -0.399 e. The van der Waals surface area contributed by atoms with Crippen LogP contribution < -0.4 is 11.1 Å². The van der Waals surface area contributed by atoms with Gasteiger partial charge in [0.25, 0.3) is 0 Å². The summed E-state index contributed by atoms with van der Waals surface area (Å²) < 4.78 is 37.3. The van der Waals surface area contributed by atoms with Gasteiger partial charge in [0.05, 0.1) is 0 Å². The Morgan fingerprint density at radius 2 is 1.79 bits per heavy atom. The number of alkyl halides is 3. The summed E-state index contributed by atoms with van der Waals surface area (Å²) in [5.74, 6) is -2.16. The summed E-state index contributed by atoms with van der Waals surface area (Å²) in [6.07, 6.45) is -4.23. The molecule has 0 aliphatic carbocycles. The maximum Gasteiger partial charge on any atom is 0.471 e. The molecule has 2 rings (SSSR count). The Kier molecular flexibility index (Phi) is 8.31. The molecule has 0 spiro atoms. The molecular formula is C19H21ClF3N3O2. The van der Waals surface area contributed by atoms with Crippen molar-refractivity contribution in [3.63, 3.8) is 0 Å². The third kappa shape index (κ3) is 6.77. The summed E-state index contributed by atoms with van der Waals surface area (Å²) in [5.41, 5.74) is 8.24. The lowest BCUT2D eigenvalue weighted by molar-refractivity contribution is -0.184. The van der Waals surface area contributed by atoms with Crippen LogP contribution in [0.25, 0.3) is 0 Å². The lowest BCUT2D eigenvalue weighted by Gasteiger charge is -2.19. The molecule has 0 fully saturated rings. The Labute approximate surface area is 167 Å². The molecular weight excluding hydrogens is 395 g/mol. The fourth-order valence-electron chi connectivity index (χ4n) is 2.54. The van der Waals surface area contributed by atoms with E-state index in [0.29, 0.717) is 28.3 Å². The summed E-state index contributed by atoms with van der Waals surface area (Å²) in [7, 11) is 1.07. The first-order valence-corrected chi connectivity index (χ1v) is 8.21. The zero-order chi connectivity index (χ0) is 20.0. The van der Waals surface area contributed by atoms with Gasteiger partial charge in [-0.2, -0.15) is 13.2 Å². The van der Waals surface area contributed by atoms with Gasteiger partial charge in [-0.3, -0.25) is 9.59 Å². The number of hydrogen-bond donors (Lipinski definition) is 2. The van der Waals surface area contributed by atoms with Crippen LogP contribution in [0, 0.1) is 0 Å². The van der Waals surface area contributed by atoms with Crippen LogP contribution in [0.4, 0.5) is 24.5 Å². The van der Waals surface area contributed by atoms with Gasteiger partial charge in [0.2, 0.25) is 5.91 Å². The van der Waals surface area contributed by atoms with Crippen LogP contribution >= 0.6 is 12.4 Å². The molecule has 0 aliphatic rings. The van der Waals surface area contributed by atoms with Crippen molar-refractivity contribution in [1.82, 2.24) is 4.90 Å². The smallest absolute Gasteiger partial charge is 0.399 e. The van der Waals surface area contributed by atoms with Crippen molar-refractivity contribution < 1.29 is 22.8 Å². The Bertz CT molecular complexity index is 828. The van der Waals surface area contributed by atoms with E-state index in [1.807, 2.05) is 18.2 Å². The van der Waals surface area contributed by atoms with Crippen molar-refractivity contribution in [3.05, 3.63) is 59.7 Å². The van der Waals surface area contributed by atoms with Crippen LogP contribution in [-0.4, -0.2) is 29.9 Å². The second-order valence-corrected chi connectivity index (χ2v) is 6.11. The number of anilines is 2. The van der Waals surface area contributed by atoms with Gasteiger partial charge in [0.1, 0.15) is 0 Å². The number of amides is 2. The molecule has 5 nitrogen and oxygen atoms in total. The first-order chi connectivity index (χ1) is 12.7. The van der Waals surface area contributed by atoms with E-state index in [4.69, 9.17) is 5.73 Å². The second kappa shape index (κ2) is 9.98. The molecule has 0 aliphatic heterocycles. The number of rotatable bonds is 6. The highest BCUT2D eigenvalue weighted by Crippen LogP contribution is 2.20. The second-order valence-electron chi connectivity index (χ2n) is 6.11. The molecule has 0 atom stereocenters. The first kappa shape index (κ1) is 23.3. The fourth-order valence-corrected chi connectivity index (χ4v) is 2.54. The summed E-state index contributed by atoms with van der Waals surface area (Å²) in [5, 5.41) is 2.70. The summed E-state index contributed by atoms with van der Waals surface area (Å²) in [4.78, 5) is 23.9. The van der Waals surface area contributed by atoms with Crippen molar-refractivity contribution >= 4 is 35.6 Å². The lowest BCUT2D eigenvalue weighted by atomic mass is 10.1. The molecule has 2 aromatic rings. The van der Waals surface area contributed by atoms with E-state index in [1.165, 1.54) is 6.07 Å². The van der Waals surface area contributed by atoms with Gasteiger partial charge in [-0.1, -0.05) is 30.3 Å². The average molecular weight is 416 g/mol. The van der Waals surface area contributed by atoms with Crippen molar-refractivity contribution in [3.8, 4) is 0 Å². The molecule has 0 aromatic heterocycles. The van der Waals surface area contributed by atoms with E-state index in [1.54, 1.807) is 24.3 Å². The van der Waals surface area contributed by atoms with E-state index in [0.717, 1.165) is 12.6 Å². The first-order valence-electron chi connectivity index (χ1n) is 8.21. The predicted molar refractivity (Wildman–Crippen MR) is 104 cm³/mol. The quantitative estimate of drug-likeness (QED) is 0.705. The largest absolute Gasteiger partial charge is 0.471 e. The fraction of sp³-hybridized carbons (Fsp3) is 0.263. The third-order valence-electron chi connectivity index (χ3n) is 3.90. The molecule has 0 radical (unpaired) electrons. The number of benzene rings is 2. The molecule has 3 N–H and O–H groups in total. The van der Waals surface area contributed by atoms with Crippen LogP contribution in [0.2, 0.25) is 0 Å². The SMILES string of the molecule is CN(Cc1cccc(NC(=O)CCc2ccccc2N)c1)C(=O)C(F)(F)F.Cl. The number of para-hydroxylation sites is 1. The van der Waals surface area contributed by atoms with Crippen LogP contribution in [0.5, 0.6) is 0 Å². The highest BCUT2D eigenvalue weighted by atomic mass is 35.5. The van der Waals surface area contributed by atoms with Crippen molar-refractivity contribution in [2.75, 3.05) is 18.1 Å². The number of nitrogen functional groups attached to an aromatic ring is 1. The molecule has 0 heterocycles. The van der Waals surface area contributed by atoms with Gasteiger partial charge in [-0.25, -0.2) is 0 Å². The van der Waals surface area contributed by atoms with Gasteiger partial charge < -0.3 is 16.0 Å². The molecule has 9 heteroatoms. The number of nitrogens with one attached hydrogen (secondary N) is 1. The lowest BCUT2D eigenvalue weighted by Crippen LogP contribution is -2.37. The van der Waals surface area contributed by atoms with E-state index in [2.05, 4.69) is 5.32 Å².